The van der Waals surface area contributed by atoms with Crippen LogP contribution in [0.5, 0.6) is 0 Å². The highest BCUT2D eigenvalue weighted by Gasteiger charge is 2.11. The summed E-state index contributed by atoms with van der Waals surface area (Å²) in [5.41, 5.74) is 3.40. The molecule has 0 unspecified atom stereocenters. The predicted octanol–water partition coefficient (Wildman–Crippen LogP) is 4.06. The largest absolute Gasteiger partial charge is 0.321 e. The van der Waals surface area contributed by atoms with Gasteiger partial charge >= 0.3 is 0 Å². The number of anilines is 1. The summed E-state index contributed by atoms with van der Waals surface area (Å²) in [5.74, 6) is -0.161. The first-order valence-electron chi connectivity index (χ1n) is 7.21. The molecule has 0 saturated heterocycles. The molecular formula is C18H17N3OS. The minimum Gasteiger partial charge on any atom is -0.321 e. The molecule has 1 N–H and O–H groups in total. The third-order valence-corrected chi connectivity index (χ3v) is 4.29. The molecule has 1 aromatic heterocycles. The lowest BCUT2D eigenvalue weighted by Gasteiger charge is -2.11. The molecule has 0 aliphatic rings. The van der Waals surface area contributed by atoms with Crippen molar-refractivity contribution in [3.05, 3.63) is 66.5 Å². The van der Waals surface area contributed by atoms with Gasteiger partial charge in [0.15, 0.2) is 0 Å². The van der Waals surface area contributed by atoms with Crippen molar-refractivity contribution >= 4 is 23.4 Å². The zero-order valence-corrected chi connectivity index (χ0v) is 13.8. The lowest BCUT2D eigenvalue weighted by molar-refractivity contribution is 0.102. The Morgan fingerprint density at radius 2 is 1.87 bits per heavy atom. The van der Waals surface area contributed by atoms with Crippen LogP contribution in [0.25, 0.3) is 11.1 Å². The molecular weight excluding hydrogens is 306 g/mol. The maximum Gasteiger partial charge on any atom is 0.258 e. The third-order valence-electron chi connectivity index (χ3n) is 3.54. The summed E-state index contributed by atoms with van der Waals surface area (Å²) >= 11 is 1.71. The molecule has 0 aliphatic carbocycles. The number of hydrogen-bond acceptors (Lipinski definition) is 3. The van der Waals surface area contributed by atoms with Gasteiger partial charge in [-0.1, -0.05) is 30.3 Å². The summed E-state index contributed by atoms with van der Waals surface area (Å²) < 4.78 is 1.61. The fourth-order valence-electron chi connectivity index (χ4n) is 2.35. The van der Waals surface area contributed by atoms with Crippen molar-refractivity contribution in [3.63, 3.8) is 0 Å². The number of nitrogens with zero attached hydrogens (tertiary/aromatic N) is 2. The van der Waals surface area contributed by atoms with E-state index in [9.17, 15) is 4.79 Å². The summed E-state index contributed by atoms with van der Waals surface area (Å²) in [5, 5.41) is 7.00. The average molecular weight is 323 g/mol. The van der Waals surface area contributed by atoms with Crippen LogP contribution < -0.4 is 5.32 Å². The summed E-state index contributed by atoms with van der Waals surface area (Å²) in [6, 6.07) is 16.1. The number of carbonyl (C=O) groups is 1. The van der Waals surface area contributed by atoms with Gasteiger partial charge in [-0.3, -0.25) is 9.48 Å². The summed E-state index contributed by atoms with van der Waals surface area (Å²) in [4.78, 5) is 13.6. The number of aryl methyl sites for hydroxylation is 1. The number of aromatic nitrogens is 2. The second kappa shape index (κ2) is 6.71. The van der Waals surface area contributed by atoms with Gasteiger partial charge in [-0.25, -0.2) is 0 Å². The van der Waals surface area contributed by atoms with Crippen molar-refractivity contribution < 1.29 is 4.79 Å². The van der Waals surface area contributed by atoms with Crippen molar-refractivity contribution in [2.45, 2.75) is 4.90 Å². The van der Waals surface area contributed by atoms with E-state index in [1.165, 1.54) is 4.90 Å². The van der Waals surface area contributed by atoms with Gasteiger partial charge in [0, 0.05) is 29.4 Å². The standard InChI is InChI=1S/C18H17N3OS/c1-21-12-14(11-19-21)18(22)20-17-6-4-3-5-16(17)13-7-9-15(23-2)10-8-13/h3-12H,1-2H3,(H,20,22). The Bertz CT molecular complexity index is 824. The van der Waals surface area contributed by atoms with Crippen LogP contribution in [-0.2, 0) is 7.05 Å². The normalized spacial score (nSPS) is 10.5. The monoisotopic (exact) mass is 323 g/mol. The van der Waals surface area contributed by atoms with Crippen LogP contribution in [-0.4, -0.2) is 21.9 Å². The van der Waals surface area contributed by atoms with Crippen molar-refractivity contribution in [2.24, 2.45) is 7.05 Å². The molecule has 0 bridgehead atoms. The topological polar surface area (TPSA) is 46.9 Å². The molecule has 1 heterocycles. The number of carbonyl (C=O) groups excluding carboxylic acids is 1. The van der Waals surface area contributed by atoms with Crippen molar-refractivity contribution in [1.82, 2.24) is 9.78 Å². The van der Waals surface area contributed by atoms with Gasteiger partial charge < -0.3 is 5.32 Å². The molecule has 0 atom stereocenters. The van der Waals surface area contributed by atoms with E-state index in [0.717, 1.165) is 16.8 Å². The molecule has 23 heavy (non-hydrogen) atoms. The number of nitrogens with one attached hydrogen (secondary N) is 1. The van der Waals surface area contributed by atoms with E-state index in [0.29, 0.717) is 5.56 Å². The quantitative estimate of drug-likeness (QED) is 0.737. The lowest BCUT2D eigenvalue weighted by Crippen LogP contribution is -2.11. The van der Waals surface area contributed by atoms with Crippen LogP contribution in [0.3, 0.4) is 0 Å². The van der Waals surface area contributed by atoms with E-state index in [1.54, 1.807) is 35.9 Å². The van der Waals surface area contributed by atoms with Gasteiger partial charge in [0.05, 0.1) is 11.8 Å². The highest BCUT2D eigenvalue weighted by Crippen LogP contribution is 2.29. The van der Waals surface area contributed by atoms with Crippen LogP contribution >= 0.6 is 11.8 Å². The molecule has 4 nitrogen and oxygen atoms in total. The highest BCUT2D eigenvalue weighted by atomic mass is 32.2. The molecule has 0 saturated carbocycles. The fourth-order valence-corrected chi connectivity index (χ4v) is 2.76. The fraction of sp³-hybridized carbons (Fsp3) is 0.111. The number of thioether (sulfide) groups is 1. The minimum absolute atomic E-state index is 0.161. The Morgan fingerprint density at radius 1 is 1.13 bits per heavy atom. The molecule has 1 amide bonds. The number of hydrogen-bond donors (Lipinski definition) is 1. The molecule has 0 fully saturated rings. The van der Waals surface area contributed by atoms with Crippen LogP contribution in [0.15, 0.2) is 65.8 Å². The SMILES string of the molecule is CSc1ccc(-c2ccccc2NC(=O)c2cnn(C)c2)cc1. The molecule has 3 aromatic rings. The molecule has 0 spiro atoms. The molecule has 2 aromatic carbocycles. The Morgan fingerprint density at radius 3 is 2.52 bits per heavy atom. The van der Waals surface area contributed by atoms with Crippen LogP contribution in [0.4, 0.5) is 5.69 Å². The van der Waals surface area contributed by atoms with Crippen molar-refractivity contribution in [1.29, 1.82) is 0 Å². The van der Waals surface area contributed by atoms with E-state index in [-0.39, 0.29) is 5.91 Å². The Balaban J connectivity index is 1.89. The van der Waals surface area contributed by atoms with Crippen LogP contribution in [0.1, 0.15) is 10.4 Å². The van der Waals surface area contributed by atoms with E-state index in [4.69, 9.17) is 0 Å². The molecule has 5 heteroatoms. The molecule has 116 valence electrons. The molecule has 0 radical (unpaired) electrons. The maximum absolute atomic E-state index is 12.3. The van der Waals surface area contributed by atoms with Gasteiger partial charge in [0.1, 0.15) is 0 Å². The zero-order valence-electron chi connectivity index (χ0n) is 13.0. The number of rotatable bonds is 4. The summed E-state index contributed by atoms with van der Waals surface area (Å²) in [6.45, 7) is 0. The Kier molecular flexibility index (Phi) is 4.48. The van der Waals surface area contributed by atoms with Crippen molar-refractivity contribution in [2.75, 3.05) is 11.6 Å². The highest BCUT2D eigenvalue weighted by molar-refractivity contribution is 7.98. The molecule has 0 aliphatic heterocycles. The van der Waals surface area contributed by atoms with Crippen LogP contribution in [0.2, 0.25) is 0 Å². The number of benzene rings is 2. The van der Waals surface area contributed by atoms with Gasteiger partial charge in [-0.05, 0) is 30.0 Å². The van der Waals surface area contributed by atoms with E-state index < -0.39 is 0 Å². The van der Waals surface area contributed by atoms with E-state index in [2.05, 4.69) is 40.9 Å². The van der Waals surface area contributed by atoms with Crippen molar-refractivity contribution in [3.8, 4) is 11.1 Å². The lowest BCUT2D eigenvalue weighted by atomic mass is 10.0. The summed E-state index contributed by atoms with van der Waals surface area (Å²) in [6.07, 6.45) is 5.31. The Hall–Kier alpha value is -2.53. The first kappa shape index (κ1) is 15.4. The van der Waals surface area contributed by atoms with Gasteiger partial charge in [0.2, 0.25) is 0 Å². The first-order valence-corrected chi connectivity index (χ1v) is 8.43. The average Bonchev–Trinajstić information content (AvgIpc) is 3.02. The number of para-hydroxylation sites is 1. The number of amides is 1. The van der Waals surface area contributed by atoms with Gasteiger partial charge in [-0.15, -0.1) is 11.8 Å². The summed E-state index contributed by atoms with van der Waals surface area (Å²) in [7, 11) is 1.79. The smallest absolute Gasteiger partial charge is 0.258 e. The first-order chi connectivity index (χ1) is 11.2. The Labute approximate surface area is 139 Å². The van der Waals surface area contributed by atoms with Gasteiger partial charge in [0.25, 0.3) is 5.91 Å². The second-order valence-electron chi connectivity index (χ2n) is 5.13. The maximum atomic E-state index is 12.3. The van der Waals surface area contributed by atoms with Crippen LogP contribution in [0, 0.1) is 0 Å². The second-order valence-corrected chi connectivity index (χ2v) is 6.01. The van der Waals surface area contributed by atoms with E-state index in [1.807, 2.05) is 24.3 Å². The van der Waals surface area contributed by atoms with Gasteiger partial charge in [-0.2, -0.15) is 5.10 Å². The predicted molar refractivity (Wildman–Crippen MR) is 94.8 cm³/mol. The zero-order chi connectivity index (χ0) is 16.2. The molecule has 3 rings (SSSR count). The van der Waals surface area contributed by atoms with E-state index >= 15 is 0 Å². The third kappa shape index (κ3) is 3.46. The minimum atomic E-state index is -0.161.